The Morgan fingerprint density at radius 2 is 2.14 bits per heavy atom. The third kappa shape index (κ3) is 5.31. The number of nitrogens with one attached hydrogen (secondary N) is 3. The Kier molecular flexibility index (Phi) is 7.65. The predicted molar refractivity (Wildman–Crippen MR) is 144 cm³/mol. The number of anilines is 1. The lowest BCUT2D eigenvalue weighted by Gasteiger charge is -2.13. The van der Waals surface area contributed by atoms with Crippen molar-refractivity contribution >= 4 is 43.8 Å². The van der Waals surface area contributed by atoms with Crippen LogP contribution in [0.25, 0.3) is 31.9 Å². The van der Waals surface area contributed by atoms with Gasteiger partial charge in [-0.3, -0.25) is 9.78 Å². The molecule has 5 rings (SSSR count). The number of thiazole rings is 1. The molecule has 0 fully saturated rings. The molecule has 184 valence electrons. The number of fused-ring (bicyclic) bond motifs is 2. The van der Waals surface area contributed by atoms with Crippen molar-refractivity contribution in [1.82, 2.24) is 20.6 Å². The van der Waals surface area contributed by atoms with E-state index in [9.17, 15) is 10.1 Å². The maximum atomic E-state index is 12.7. The summed E-state index contributed by atoms with van der Waals surface area (Å²) in [6.45, 7) is 3.65. The Labute approximate surface area is 217 Å². The summed E-state index contributed by atoms with van der Waals surface area (Å²) in [5, 5.41) is 20.8. The lowest BCUT2D eigenvalue weighted by atomic mass is 10.0. The highest BCUT2D eigenvalue weighted by Gasteiger charge is 2.25. The molecule has 4 aromatic rings. The Morgan fingerprint density at radius 3 is 3.00 bits per heavy atom. The number of rotatable bonds is 9. The number of methoxy groups -OCH3 is 1. The average molecular weight is 519 g/mol. The van der Waals surface area contributed by atoms with Crippen molar-refractivity contribution in [2.75, 3.05) is 38.7 Å². The lowest BCUT2D eigenvalue weighted by Crippen LogP contribution is -2.24. The lowest BCUT2D eigenvalue weighted by molar-refractivity contribution is -0.116. The van der Waals surface area contributed by atoms with E-state index >= 15 is 0 Å². The van der Waals surface area contributed by atoms with Gasteiger partial charge in [0.1, 0.15) is 16.1 Å². The number of carbonyl (C=O) groups excluding carboxylic acids is 1. The number of nitrogens with zero attached hydrogens (tertiary/aromatic N) is 3. The summed E-state index contributed by atoms with van der Waals surface area (Å²) in [6, 6.07) is 10.1. The van der Waals surface area contributed by atoms with E-state index in [1.165, 1.54) is 10.4 Å². The molecule has 0 saturated heterocycles. The van der Waals surface area contributed by atoms with Crippen LogP contribution in [0, 0.1) is 11.3 Å². The van der Waals surface area contributed by atoms with Crippen molar-refractivity contribution < 1.29 is 9.53 Å². The van der Waals surface area contributed by atoms with Crippen LogP contribution >= 0.6 is 22.7 Å². The highest BCUT2D eigenvalue weighted by molar-refractivity contribution is 7.23. The highest BCUT2D eigenvalue weighted by atomic mass is 32.1. The molecule has 0 aliphatic carbocycles. The Hall–Kier alpha value is -3.20. The summed E-state index contributed by atoms with van der Waals surface area (Å²) >= 11 is 3.27. The first-order valence-electron chi connectivity index (χ1n) is 11.8. The summed E-state index contributed by atoms with van der Waals surface area (Å²) in [6.07, 6.45) is 4.63. The highest BCUT2D eigenvalue weighted by Crippen LogP contribution is 2.45. The molecule has 1 aliphatic rings. The maximum Gasteiger partial charge on any atom is 0.226 e. The number of aromatic nitrogens is 2. The number of benzene rings is 1. The molecule has 8 nitrogen and oxygen atoms in total. The quantitative estimate of drug-likeness (QED) is 0.285. The fourth-order valence-electron chi connectivity index (χ4n) is 4.21. The van der Waals surface area contributed by atoms with Gasteiger partial charge >= 0.3 is 0 Å². The Morgan fingerprint density at radius 1 is 1.22 bits per heavy atom. The molecule has 0 saturated carbocycles. The molecular formula is C26H26N6O2S2. The molecule has 36 heavy (non-hydrogen) atoms. The van der Waals surface area contributed by atoms with E-state index in [-0.39, 0.29) is 5.91 Å². The van der Waals surface area contributed by atoms with Crippen LogP contribution in [0.5, 0.6) is 0 Å². The number of carbonyl (C=O) groups is 1. The average Bonchev–Trinajstić information content (AvgIpc) is 3.48. The van der Waals surface area contributed by atoms with E-state index in [0.717, 1.165) is 63.0 Å². The maximum absolute atomic E-state index is 12.7. The second kappa shape index (κ2) is 11.2. The minimum absolute atomic E-state index is 0.0130. The number of thiophene rings is 1. The zero-order valence-corrected chi connectivity index (χ0v) is 21.5. The van der Waals surface area contributed by atoms with Crippen LogP contribution in [-0.4, -0.2) is 49.2 Å². The van der Waals surface area contributed by atoms with Crippen LogP contribution < -0.4 is 16.0 Å². The molecule has 0 atom stereocenters. The van der Waals surface area contributed by atoms with Gasteiger partial charge in [-0.05, 0) is 42.3 Å². The van der Waals surface area contributed by atoms with E-state index in [1.54, 1.807) is 42.2 Å². The van der Waals surface area contributed by atoms with Gasteiger partial charge in [0, 0.05) is 61.6 Å². The summed E-state index contributed by atoms with van der Waals surface area (Å²) in [5.74, 6) is -0.0130. The molecule has 0 unspecified atom stereocenters. The Bertz CT molecular complexity index is 1440. The van der Waals surface area contributed by atoms with E-state index in [4.69, 9.17) is 9.72 Å². The summed E-state index contributed by atoms with van der Waals surface area (Å²) in [5.41, 5.74) is 5.66. The molecule has 10 heteroatoms. The smallest absolute Gasteiger partial charge is 0.226 e. The van der Waals surface area contributed by atoms with Gasteiger partial charge in [-0.1, -0.05) is 6.07 Å². The summed E-state index contributed by atoms with van der Waals surface area (Å²) < 4.78 is 6.09. The van der Waals surface area contributed by atoms with Crippen LogP contribution in [0.4, 0.5) is 5.00 Å². The van der Waals surface area contributed by atoms with E-state index in [2.05, 4.69) is 33.1 Å². The predicted octanol–water partition coefficient (Wildman–Crippen LogP) is 4.17. The number of ether oxygens (including phenoxy) is 1. The van der Waals surface area contributed by atoms with Crippen LogP contribution in [0.3, 0.4) is 0 Å². The van der Waals surface area contributed by atoms with Crippen molar-refractivity contribution in [1.29, 1.82) is 5.26 Å². The number of hydrogen-bond acceptors (Lipinski definition) is 9. The Balaban J connectivity index is 1.44. The van der Waals surface area contributed by atoms with Crippen LogP contribution in [0.15, 0.2) is 36.7 Å². The van der Waals surface area contributed by atoms with Crippen LogP contribution in [-0.2, 0) is 22.5 Å². The van der Waals surface area contributed by atoms with Gasteiger partial charge in [0.15, 0.2) is 0 Å². The molecular weight excluding hydrogens is 492 g/mol. The molecule has 3 N–H and O–H groups in total. The molecule has 1 amide bonds. The zero-order valence-electron chi connectivity index (χ0n) is 19.9. The molecule has 0 radical (unpaired) electrons. The summed E-state index contributed by atoms with van der Waals surface area (Å²) in [7, 11) is 1.66. The molecule has 4 heterocycles. The third-order valence-corrected chi connectivity index (χ3v) is 8.18. The van der Waals surface area contributed by atoms with Gasteiger partial charge in [-0.25, -0.2) is 4.98 Å². The fourth-order valence-corrected chi connectivity index (χ4v) is 6.59. The zero-order chi connectivity index (χ0) is 24.9. The van der Waals surface area contributed by atoms with Gasteiger partial charge in [-0.2, -0.15) is 5.26 Å². The summed E-state index contributed by atoms with van der Waals surface area (Å²) in [4.78, 5) is 23.1. The first kappa shape index (κ1) is 24.5. The van der Waals surface area contributed by atoms with E-state index < -0.39 is 0 Å². The van der Waals surface area contributed by atoms with Gasteiger partial charge in [0.2, 0.25) is 5.91 Å². The number of nitriles is 1. The van der Waals surface area contributed by atoms with Gasteiger partial charge in [-0.15, -0.1) is 22.7 Å². The van der Waals surface area contributed by atoms with Crippen molar-refractivity contribution in [3.63, 3.8) is 0 Å². The van der Waals surface area contributed by atoms with Crippen molar-refractivity contribution in [3.8, 4) is 27.8 Å². The molecule has 0 bridgehead atoms. The normalized spacial score (nSPS) is 12.9. The van der Waals surface area contributed by atoms with Crippen LogP contribution in [0.2, 0.25) is 0 Å². The van der Waals surface area contributed by atoms with Gasteiger partial charge in [0.25, 0.3) is 0 Å². The van der Waals surface area contributed by atoms with Crippen molar-refractivity contribution in [2.24, 2.45) is 0 Å². The number of amides is 1. The van der Waals surface area contributed by atoms with Gasteiger partial charge < -0.3 is 20.7 Å². The van der Waals surface area contributed by atoms with Gasteiger partial charge in [0.05, 0.1) is 22.4 Å². The SMILES string of the molecule is COCCNCCC(=O)Nc1sc2c(c1-c1nc3ccc(-c4cncc(C#N)c4)cc3s1)CCNC2. The first-order valence-corrected chi connectivity index (χ1v) is 13.4. The first-order chi connectivity index (χ1) is 17.7. The standard InChI is InChI=1S/C26H26N6O2S2/c1-34-9-8-28-7-5-23(33)32-26-24(19-4-6-29-15-22(19)36-26)25-31-20-3-2-17(11-21(20)35-25)18-10-16(12-27)13-30-14-18/h2-3,10-11,13-14,28-29H,4-9,15H2,1H3,(H,32,33). The second-order valence-corrected chi connectivity index (χ2v) is 10.6. The van der Waals surface area contributed by atoms with Crippen molar-refractivity contribution in [3.05, 3.63) is 52.7 Å². The van der Waals surface area contributed by atoms with Crippen LogP contribution in [0.1, 0.15) is 22.4 Å². The second-order valence-electron chi connectivity index (χ2n) is 8.45. The van der Waals surface area contributed by atoms with E-state index in [1.807, 2.05) is 18.2 Å². The third-order valence-electron chi connectivity index (χ3n) is 6.00. The fraction of sp³-hybridized carbons (Fsp3) is 0.308. The molecule has 1 aliphatic heterocycles. The monoisotopic (exact) mass is 518 g/mol. The molecule has 0 spiro atoms. The molecule has 1 aromatic carbocycles. The van der Waals surface area contributed by atoms with E-state index in [0.29, 0.717) is 25.1 Å². The minimum atomic E-state index is -0.0130. The largest absolute Gasteiger partial charge is 0.383 e. The molecule has 3 aromatic heterocycles. The van der Waals surface area contributed by atoms with Crippen molar-refractivity contribution in [2.45, 2.75) is 19.4 Å². The topological polar surface area (TPSA) is 112 Å². The minimum Gasteiger partial charge on any atom is -0.383 e. The number of hydrogen-bond donors (Lipinski definition) is 3. The number of pyridine rings is 1.